The number of hydrogen-bond donors (Lipinski definition) is 0. The first-order chi connectivity index (χ1) is 20.2. The van der Waals surface area contributed by atoms with Gasteiger partial charge in [-0.2, -0.15) is 0 Å². The number of carbonyl (C=O) groups is 1. The second-order valence-electron chi connectivity index (χ2n) is 11.6. The second-order valence-corrected chi connectivity index (χ2v) is 13.5. The number of thiazole rings is 1. The number of fused-ring (bicyclic) bond motifs is 1. The molecule has 2 aromatic carbocycles. The van der Waals surface area contributed by atoms with E-state index in [-0.39, 0.29) is 18.0 Å². The van der Waals surface area contributed by atoms with Crippen molar-refractivity contribution < 1.29 is 18.8 Å². The lowest BCUT2D eigenvalue weighted by atomic mass is 9.92. The number of nitrogens with zero attached hydrogens (tertiary/aromatic N) is 3. The monoisotopic (exact) mass is 627 g/mol. The van der Waals surface area contributed by atoms with Crippen LogP contribution in [0, 0.1) is 0 Å². The van der Waals surface area contributed by atoms with E-state index in [1.54, 1.807) is 18.3 Å². The molecule has 222 valence electrons. The van der Waals surface area contributed by atoms with E-state index in [0.717, 1.165) is 65.2 Å². The molecule has 42 heavy (non-hydrogen) atoms. The third kappa shape index (κ3) is 6.05. The van der Waals surface area contributed by atoms with Crippen LogP contribution in [0.4, 0.5) is 5.13 Å². The summed E-state index contributed by atoms with van der Waals surface area (Å²) in [5, 5.41) is 6.43. The Hall–Kier alpha value is -2.65. The Bertz CT molecular complexity index is 1580. The smallest absolute Gasteiger partial charge is 0.186 e. The van der Waals surface area contributed by atoms with Crippen LogP contribution in [0.15, 0.2) is 34.9 Å². The number of anilines is 1. The summed E-state index contributed by atoms with van der Waals surface area (Å²) in [6.45, 7) is 5.97. The molecule has 2 heterocycles. The summed E-state index contributed by atoms with van der Waals surface area (Å²) in [5.74, 6) is 1.98. The molecule has 0 N–H and O–H groups in total. The van der Waals surface area contributed by atoms with Crippen molar-refractivity contribution in [2.75, 3.05) is 11.9 Å². The fourth-order valence-electron chi connectivity index (χ4n) is 5.69. The largest absolute Gasteiger partial charge is 0.489 e. The number of benzene rings is 2. The Balaban J connectivity index is 1.13. The summed E-state index contributed by atoms with van der Waals surface area (Å²) in [5.41, 5.74) is 3.81. The second kappa shape index (κ2) is 12.2. The van der Waals surface area contributed by atoms with Crippen molar-refractivity contribution in [3.05, 3.63) is 57.3 Å². The van der Waals surface area contributed by atoms with E-state index in [1.807, 2.05) is 44.2 Å². The van der Waals surface area contributed by atoms with Crippen LogP contribution in [0.5, 0.6) is 5.75 Å². The third-order valence-electron chi connectivity index (χ3n) is 8.14. The van der Waals surface area contributed by atoms with Gasteiger partial charge in [0.1, 0.15) is 22.7 Å². The van der Waals surface area contributed by atoms with Crippen LogP contribution in [0.3, 0.4) is 0 Å². The fraction of sp³-hybridized carbons (Fsp3) is 0.469. The third-order valence-corrected chi connectivity index (χ3v) is 9.86. The van der Waals surface area contributed by atoms with Gasteiger partial charge in [-0.15, -0.1) is 0 Å². The van der Waals surface area contributed by atoms with Gasteiger partial charge in [-0.1, -0.05) is 45.8 Å². The van der Waals surface area contributed by atoms with Gasteiger partial charge in [-0.3, -0.25) is 4.79 Å². The molecule has 0 unspecified atom stereocenters. The zero-order valence-corrected chi connectivity index (χ0v) is 26.6. The Morgan fingerprint density at radius 1 is 1.12 bits per heavy atom. The van der Waals surface area contributed by atoms with Crippen molar-refractivity contribution in [2.45, 2.75) is 90.1 Å². The minimum absolute atomic E-state index is 0.00973. The van der Waals surface area contributed by atoms with Crippen LogP contribution in [0.25, 0.3) is 21.5 Å². The van der Waals surface area contributed by atoms with Gasteiger partial charge in [-0.25, -0.2) is 4.98 Å². The summed E-state index contributed by atoms with van der Waals surface area (Å²) < 4.78 is 19.3. The minimum Gasteiger partial charge on any atom is -0.489 e. The van der Waals surface area contributed by atoms with Gasteiger partial charge in [-0.05, 0) is 83.6 Å². The maximum Gasteiger partial charge on any atom is 0.186 e. The van der Waals surface area contributed by atoms with Crippen molar-refractivity contribution in [2.24, 2.45) is 0 Å². The summed E-state index contributed by atoms with van der Waals surface area (Å²) in [7, 11) is 2.11. The lowest BCUT2D eigenvalue weighted by Gasteiger charge is -2.34. The maximum absolute atomic E-state index is 12.1. The van der Waals surface area contributed by atoms with E-state index >= 15 is 0 Å². The predicted octanol–water partition coefficient (Wildman–Crippen LogP) is 9.09. The minimum atomic E-state index is -0.00973. The highest BCUT2D eigenvalue weighted by molar-refractivity contribution is 7.22. The van der Waals surface area contributed by atoms with Gasteiger partial charge in [0.2, 0.25) is 0 Å². The highest BCUT2D eigenvalue weighted by Gasteiger charge is 2.34. The molecule has 0 bridgehead atoms. The molecule has 0 radical (unpaired) electrons. The van der Waals surface area contributed by atoms with Crippen molar-refractivity contribution in [1.29, 1.82) is 0 Å². The molecule has 7 nitrogen and oxygen atoms in total. The first-order valence-corrected chi connectivity index (χ1v) is 16.2. The van der Waals surface area contributed by atoms with Gasteiger partial charge < -0.3 is 18.9 Å². The highest BCUT2D eigenvalue weighted by atomic mass is 35.5. The number of carbonyl (C=O) groups excluding carboxylic acids is 1. The van der Waals surface area contributed by atoms with Gasteiger partial charge in [0.15, 0.2) is 10.9 Å². The molecule has 2 aliphatic carbocycles. The molecule has 0 aliphatic heterocycles. The lowest BCUT2D eigenvalue weighted by molar-refractivity contribution is 0.0131. The van der Waals surface area contributed by atoms with E-state index in [0.29, 0.717) is 51.2 Å². The zero-order chi connectivity index (χ0) is 29.5. The summed E-state index contributed by atoms with van der Waals surface area (Å²) >= 11 is 14.7. The van der Waals surface area contributed by atoms with Crippen LogP contribution in [-0.4, -0.2) is 41.2 Å². The molecular weight excluding hydrogens is 593 g/mol. The number of aromatic nitrogens is 2. The van der Waals surface area contributed by atoms with Crippen molar-refractivity contribution in [3.63, 3.8) is 0 Å². The van der Waals surface area contributed by atoms with Gasteiger partial charge in [0.25, 0.3) is 0 Å². The molecule has 0 spiro atoms. The predicted molar refractivity (Wildman–Crippen MR) is 169 cm³/mol. The Morgan fingerprint density at radius 3 is 2.48 bits per heavy atom. The maximum atomic E-state index is 12.1. The highest BCUT2D eigenvalue weighted by Crippen LogP contribution is 2.46. The number of halogens is 2. The van der Waals surface area contributed by atoms with Crippen LogP contribution in [0.1, 0.15) is 86.9 Å². The summed E-state index contributed by atoms with van der Waals surface area (Å²) in [4.78, 5) is 19.4. The van der Waals surface area contributed by atoms with Crippen LogP contribution >= 0.6 is 34.5 Å². The van der Waals surface area contributed by atoms with Crippen molar-refractivity contribution in [3.8, 4) is 17.0 Å². The molecular formula is C32H35Cl2N3O4S. The van der Waals surface area contributed by atoms with Gasteiger partial charge in [0, 0.05) is 35.7 Å². The SMILES string of the molecule is CC(=O)c1cc(OC(C)C)c2nc(N(C)C3CCC(OCc4c(-c5c(Cl)cccc5Cl)noc4C4CC4)CC3)sc2c1. The molecule has 10 heteroatoms. The molecule has 0 atom stereocenters. The van der Waals surface area contributed by atoms with E-state index in [1.165, 1.54) is 0 Å². The molecule has 4 aromatic rings. The fourth-order valence-corrected chi connectivity index (χ4v) is 7.32. The first kappa shape index (κ1) is 29.4. The van der Waals surface area contributed by atoms with Crippen LogP contribution in [0.2, 0.25) is 10.0 Å². The standard InChI is InChI=1S/C32H35Cl2N3O4S/c1-17(2)40-26-14-20(18(3)38)15-27-30(26)35-32(42-27)37(4)21-10-12-22(13-11-21)39-16-23-29(36-41-31(23)19-8-9-19)28-24(33)6-5-7-25(28)34/h5-7,14-15,17,19,21-22H,8-13,16H2,1-4H3. The van der Waals surface area contributed by atoms with Gasteiger partial charge >= 0.3 is 0 Å². The molecule has 6 rings (SSSR count). The summed E-state index contributed by atoms with van der Waals surface area (Å²) in [6.07, 6.45) is 6.21. The molecule has 0 saturated heterocycles. The number of ketones is 1. The Kier molecular flexibility index (Phi) is 8.51. The summed E-state index contributed by atoms with van der Waals surface area (Å²) in [6, 6.07) is 9.56. The average molecular weight is 629 g/mol. The number of hydrogen-bond acceptors (Lipinski definition) is 8. The molecule has 2 fully saturated rings. The van der Waals surface area contributed by atoms with E-state index in [9.17, 15) is 4.79 Å². The average Bonchev–Trinajstić information content (AvgIpc) is 3.57. The molecule has 2 aliphatic rings. The van der Waals surface area contributed by atoms with Crippen LogP contribution < -0.4 is 9.64 Å². The van der Waals surface area contributed by atoms with Crippen LogP contribution in [-0.2, 0) is 11.3 Å². The topological polar surface area (TPSA) is 77.7 Å². The van der Waals surface area contributed by atoms with E-state index in [4.69, 9.17) is 42.2 Å². The lowest BCUT2D eigenvalue weighted by Crippen LogP contribution is -2.37. The Labute approximate surface area is 260 Å². The quantitative estimate of drug-likeness (QED) is 0.162. The van der Waals surface area contributed by atoms with E-state index in [2.05, 4.69) is 17.1 Å². The molecule has 2 aromatic heterocycles. The Morgan fingerprint density at radius 2 is 1.83 bits per heavy atom. The normalized spacial score (nSPS) is 19.0. The molecule has 2 saturated carbocycles. The number of Topliss-reactive ketones (excluding diaryl/α,β-unsaturated/α-hetero) is 1. The number of ether oxygens (including phenoxy) is 2. The number of rotatable bonds is 10. The van der Waals surface area contributed by atoms with E-state index < -0.39 is 0 Å². The molecule has 0 amide bonds. The van der Waals surface area contributed by atoms with Crippen molar-refractivity contribution >= 4 is 55.7 Å². The van der Waals surface area contributed by atoms with Crippen molar-refractivity contribution in [1.82, 2.24) is 10.1 Å². The zero-order valence-electron chi connectivity index (χ0n) is 24.3. The first-order valence-electron chi connectivity index (χ1n) is 14.6. The van der Waals surface area contributed by atoms with Gasteiger partial charge in [0.05, 0.1) is 33.6 Å².